The van der Waals surface area contributed by atoms with Gasteiger partial charge in [0.25, 0.3) is 0 Å². The predicted molar refractivity (Wildman–Crippen MR) is 81.7 cm³/mol. The van der Waals surface area contributed by atoms with Gasteiger partial charge in [-0.25, -0.2) is 0 Å². The van der Waals surface area contributed by atoms with E-state index < -0.39 is 6.10 Å². The van der Waals surface area contributed by atoms with E-state index in [1.807, 2.05) is 6.92 Å². The molecule has 0 radical (unpaired) electrons. The summed E-state index contributed by atoms with van der Waals surface area (Å²) in [6, 6.07) is 3.49. The molecule has 2 unspecified atom stereocenters. The molecule has 2 N–H and O–H groups in total. The number of furan rings is 1. The number of nitrogens with zero attached hydrogens (tertiary/aromatic N) is 1. The van der Waals surface area contributed by atoms with Crippen molar-refractivity contribution >= 4 is 17.9 Å². The summed E-state index contributed by atoms with van der Waals surface area (Å²) in [5.74, 6) is 0.524. The molecule has 1 aliphatic heterocycles. The number of aliphatic hydroxyl groups excluding tert-OH is 1. The smallest absolute Gasteiger partial charge is 0.244 e. The van der Waals surface area contributed by atoms with Crippen molar-refractivity contribution in [2.24, 2.45) is 5.92 Å². The molecule has 0 aliphatic carbocycles. The lowest BCUT2D eigenvalue weighted by atomic mass is 9.96. The second-order valence-corrected chi connectivity index (χ2v) is 5.56. The number of hydrogen-bond acceptors (Lipinski definition) is 4. The van der Waals surface area contributed by atoms with Gasteiger partial charge in [-0.15, -0.1) is 0 Å². The fourth-order valence-electron chi connectivity index (χ4n) is 2.33. The molecular weight excluding hydrogens is 284 g/mol. The first kappa shape index (κ1) is 16.3. The maximum atomic E-state index is 12.0. The normalized spacial score (nSPS) is 22.0. The van der Waals surface area contributed by atoms with Crippen molar-refractivity contribution < 1.29 is 19.1 Å². The van der Waals surface area contributed by atoms with E-state index in [0.717, 1.165) is 6.42 Å². The van der Waals surface area contributed by atoms with Crippen LogP contribution in [0.15, 0.2) is 28.9 Å². The third-order valence-corrected chi connectivity index (χ3v) is 3.85. The molecule has 0 aromatic carbocycles. The quantitative estimate of drug-likeness (QED) is 0.796. The highest BCUT2D eigenvalue weighted by Crippen LogP contribution is 2.17. The van der Waals surface area contributed by atoms with Crippen LogP contribution < -0.4 is 5.32 Å². The highest BCUT2D eigenvalue weighted by Gasteiger charge is 2.26. The first-order valence-electron chi connectivity index (χ1n) is 7.51. The van der Waals surface area contributed by atoms with E-state index in [1.165, 1.54) is 12.3 Å². The molecule has 2 rings (SSSR count). The average Bonchev–Trinajstić information content (AvgIpc) is 3.01. The average molecular weight is 306 g/mol. The summed E-state index contributed by atoms with van der Waals surface area (Å²) < 4.78 is 5.07. The summed E-state index contributed by atoms with van der Waals surface area (Å²) in [5.41, 5.74) is 0. The maximum Gasteiger partial charge on any atom is 0.244 e. The van der Waals surface area contributed by atoms with E-state index in [2.05, 4.69) is 5.32 Å². The lowest BCUT2D eigenvalue weighted by Gasteiger charge is -2.34. The molecule has 6 heteroatoms. The van der Waals surface area contributed by atoms with Crippen LogP contribution in [0.2, 0.25) is 0 Å². The Morgan fingerprint density at radius 1 is 1.55 bits per heavy atom. The van der Waals surface area contributed by atoms with Crippen LogP contribution >= 0.6 is 0 Å². The Labute approximate surface area is 129 Å². The summed E-state index contributed by atoms with van der Waals surface area (Å²) in [6.45, 7) is 3.32. The van der Waals surface area contributed by atoms with Crippen LogP contribution in [0.1, 0.15) is 25.5 Å². The number of β-amino-alcohol motifs (C(OH)–C–C–N with tert-alkyl or cyclic N) is 1. The molecule has 22 heavy (non-hydrogen) atoms. The van der Waals surface area contributed by atoms with Crippen molar-refractivity contribution in [3.05, 3.63) is 30.2 Å². The summed E-state index contributed by atoms with van der Waals surface area (Å²) in [7, 11) is 0. The first-order chi connectivity index (χ1) is 10.6. The lowest BCUT2D eigenvalue weighted by molar-refractivity contribution is -0.135. The summed E-state index contributed by atoms with van der Waals surface area (Å²) >= 11 is 0. The minimum atomic E-state index is -0.455. The molecule has 1 aromatic heterocycles. The number of piperidine rings is 1. The van der Waals surface area contributed by atoms with Gasteiger partial charge < -0.3 is 19.7 Å². The fourth-order valence-corrected chi connectivity index (χ4v) is 2.33. The van der Waals surface area contributed by atoms with Crippen molar-refractivity contribution in [3.63, 3.8) is 0 Å². The van der Waals surface area contributed by atoms with Crippen molar-refractivity contribution in [2.45, 2.75) is 25.9 Å². The Morgan fingerprint density at radius 3 is 3.05 bits per heavy atom. The molecule has 1 fully saturated rings. The zero-order chi connectivity index (χ0) is 15.9. The van der Waals surface area contributed by atoms with Crippen LogP contribution in [-0.2, 0) is 9.59 Å². The van der Waals surface area contributed by atoms with Crippen LogP contribution in [0.5, 0.6) is 0 Å². The Kier molecular flexibility index (Phi) is 5.77. The van der Waals surface area contributed by atoms with Gasteiger partial charge in [0.1, 0.15) is 5.76 Å². The topological polar surface area (TPSA) is 82.8 Å². The van der Waals surface area contributed by atoms with E-state index in [-0.39, 0.29) is 30.7 Å². The monoisotopic (exact) mass is 306 g/mol. The molecule has 1 aromatic rings. The van der Waals surface area contributed by atoms with E-state index in [9.17, 15) is 14.7 Å². The van der Waals surface area contributed by atoms with Crippen LogP contribution in [0.4, 0.5) is 0 Å². The number of aliphatic hydroxyl groups is 1. The molecule has 0 saturated carbocycles. The van der Waals surface area contributed by atoms with Gasteiger partial charge in [-0.1, -0.05) is 6.92 Å². The first-order valence-corrected chi connectivity index (χ1v) is 7.51. The van der Waals surface area contributed by atoms with Crippen LogP contribution in [0, 0.1) is 5.92 Å². The second kappa shape index (κ2) is 7.79. The molecule has 2 atom stereocenters. The number of hydrogen-bond donors (Lipinski definition) is 2. The number of nitrogens with one attached hydrogen (secondary N) is 1. The predicted octanol–water partition coefficient (Wildman–Crippen LogP) is 1.03. The molecule has 2 amide bonds. The molecular formula is C16H22N2O4. The largest absolute Gasteiger partial charge is 0.465 e. The maximum absolute atomic E-state index is 12.0. The third-order valence-electron chi connectivity index (χ3n) is 3.85. The highest BCUT2D eigenvalue weighted by molar-refractivity contribution is 5.91. The summed E-state index contributed by atoms with van der Waals surface area (Å²) in [6.07, 6.45) is 5.06. The van der Waals surface area contributed by atoms with Gasteiger partial charge >= 0.3 is 0 Å². The van der Waals surface area contributed by atoms with Gasteiger partial charge in [-0.05, 0) is 30.5 Å². The lowest BCUT2D eigenvalue weighted by Crippen LogP contribution is -2.46. The van der Waals surface area contributed by atoms with Crippen molar-refractivity contribution in [3.8, 4) is 0 Å². The van der Waals surface area contributed by atoms with E-state index >= 15 is 0 Å². The number of carbonyl (C=O) groups excluding carboxylic acids is 2. The van der Waals surface area contributed by atoms with Crippen molar-refractivity contribution in [1.29, 1.82) is 0 Å². The second-order valence-electron chi connectivity index (χ2n) is 5.56. The van der Waals surface area contributed by atoms with E-state index in [4.69, 9.17) is 4.42 Å². The van der Waals surface area contributed by atoms with Crippen molar-refractivity contribution in [1.82, 2.24) is 10.2 Å². The molecule has 1 saturated heterocycles. The third kappa shape index (κ3) is 4.73. The Balaban J connectivity index is 1.67. The van der Waals surface area contributed by atoms with E-state index in [0.29, 0.717) is 18.8 Å². The van der Waals surface area contributed by atoms with Gasteiger partial charge in [0.2, 0.25) is 11.8 Å². The number of rotatable bonds is 5. The van der Waals surface area contributed by atoms with Crippen molar-refractivity contribution in [2.75, 3.05) is 19.6 Å². The van der Waals surface area contributed by atoms with Crippen LogP contribution in [0.3, 0.4) is 0 Å². The van der Waals surface area contributed by atoms with Crippen LogP contribution in [0.25, 0.3) is 6.08 Å². The van der Waals surface area contributed by atoms with Gasteiger partial charge in [-0.3, -0.25) is 9.59 Å². The molecule has 1 aliphatic rings. The van der Waals surface area contributed by atoms with Crippen LogP contribution in [-0.4, -0.2) is 47.6 Å². The Bertz CT molecular complexity index is 524. The van der Waals surface area contributed by atoms with E-state index in [1.54, 1.807) is 23.1 Å². The number of likely N-dealkylation sites (tertiary alicyclic amines) is 1. The zero-order valence-corrected chi connectivity index (χ0v) is 12.7. The van der Waals surface area contributed by atoms with Gasteiger partial charge in [-0.2, -0.15) is 0 Å². The molecule has 0 spiro atoms. The molecule has 0 bridgehead atoms. The van der Waals surface area contributed by atoms with Gasteiger partial charge in [0.15, 0.2) is 0 Å². The SMILES string of the molecule is CC1CCN(C(=O)CCNC(=O)/C=C/c2ccco2)CC1O. The molecule has 2 heterocycles. The Hall–Kier alpha value is -2.08. The fraction of sp³-hybridized carbons (Fsp3) is 0.500. The number of carbonyl (C=O) groups is 2. The number of amides is 2. The minimum Gasteiger partial charge on any atom is -0.465 e. The molecule has 6 nitrogen and oxygen atoms in total. The molecule has 120 valence electrons. The standard InChI is InChI=1S/C16H22N2O4/c1-12-7-9-18(11-14(12)19)16(21)6-8-17-15(20)5-4-13-3-2-10-22-13/h2-5,10,12,14,19H,6-9,11H2,1H3,(H,17,20)/b5-4+. The minimum absolute atomic E-state index is 0.0405. The summed E-state index contributed by atoms with van der Waals surface area (Å²) in [5, 5.41) is 12.4. The van der Waals surface area contributed by atoms with Gasteiger partial charge in [0, 0.05) is 32.1 Å². The zero-order valence-electron chi connectivity index (χ0n) is 12.7. The highest BCUT2D eigenvalue weighted by atomic mass is 16.3. The van der Waals surface area contributed by atoms with Gasteiger partial charge in [0.05, 0.1) is 12.4 Å². The Morgan fingerprint density at radius 2 is 2.36 bits per heavy atom. The summed E-state index contributed by atoms with van der Waals surface area (Å²) in [4.78, 5) is 25.3.